The van der Waals surface area contributed by atoms with Crippen molar-refractivity contribution in [1.82, 2.24) is 10.6 Å². The average Bonchev–Trinajstić information content (AvgIpc) is 2.78. The fraction of sp³-hybridized carbons (Fsp3) is 0.923. The molecule has 1 aliphatic carbocycles. The van der Waals surface area contributed by atoms with Gasteiger partial charge in [-0.25, -0.2) is 0 Å². The van der Waals surface area contributed by atoms with Crippen molar-refractivity contribution in [2.45, 2.75) is 50.3 Å². The molecule has 0 radical (unpaired) electrons. The van der Waals surface area contributed by atoms with E-state index in [1.807, 2.05) is 11.8 Å². The van der Waals surface area contributed by atoms with Gasteiger partial charge in [0.2, 0.25) is 5.91 Å². The molecule has 1 saturated heterocycles. The number of hydrogen-bond acceptors (Lipinski definition) is 3. The third kappa shape index (κ3) is 4.32. The number of halogens is 1. The summed E-state index contributed by atoms with van der Waals surface area (Å²) in [5.74, 6) is 1.72. The minimum atomic E-state index is 0. The second kappa shape index (κ2) is 8.28. The highest BCUT2D eigenvalue weighted by Gasteiger charge is 2.30. The van der Waals surface area contributed by atoms with Crippen molar-refractivity contribution >= 4 is 30.1 Å². The Morgan fingerprint density at radius 1 is 1.28 bits per heavy atom. The van der Waals surface area contributed by atoms with Gasteiger partial charge in [-0.1, -0.05) is 13.3 Å². The van der Waals surface area contributed by atoms with Crippen molar-refractivity contribution in [1.29, 1.82) is 0 Å². The maximum atomic E-state index is 12.2. The molecule has 2 N–H and O–H groups in total. The van der Waals surface area contributed by atoms with Gasteiger partial charge in [0.1, 0.15) is 0 Å². The van der Waals surface area contributed by atoms with Gasteiger partial charge in [0, 0.05) is 17.2 Å². The van der Waals surface area contributed by atoms with Crippen LogP contribution in [0, 0.1) is 5.92 Å². The molecule has 1 aliphatic heterocycles. The van der Waals surface area contributed by atoms with E-state index in [0.29, 0.717) is 17.2 Å². The highest BCUT2D eigenvalue weighted by Crippen LogP contribution is 2.30. The summed E-state index contributed by atoms with van der Waals surface area (Å²) in [5, 5.41) is 7.26. The van der Waals surface area contributed by atoms with Gasteiger partial charge in [-0.05, 0) is 44.5 Å². The zero-order valence-electron chi connectivity index (χ0n) is 11.1. The quantitative estimate of drug-likeness (QED) is 0.835. The maximum Gasteiger partial charge on any atom is 0.223 e. The molecule has 2 aliphatic rings. The fourth-order valence-corrected chi connectivity index (χ4v) is 4.09. The molecule has 0 aromatic rings. The van der Waals surface area contributed by atoms with Crippen molar-refractivity contribution in [2.75, 3.05) is 18.8 Å². The molecule has 2 rings (SSSR count). The van der Waals surface area contributed by atoms with Crippen LogP contribution in [0.4, 0.5) is 0 Å². The molecule has 0 aromatic carbocycles. The van der Waals surface area contributed by atoms with Crippen molar-refractivity contribution in [3.8, 4) is 0 Å². The van der Waals surface area contributed by atoms with E-state index in [4.69, 9.17) is 0 Å². The van der Waals surface area contributed by atoms with E-state index in [1.165, 1.54) is 19.3 Å². The van der Waals surface area contributed by atoms with Crippen LogP contribution < -0.4 is 10.6 Å². The van der Waals surface area contributed by atoms with E-state index in [-0.39, 0.29) is 18.3 Å². The number of piperidine rings is 1. The summed E-state index contributed by atoms with van der Waals surface area (Å²) in [6, 6.07) is 0.433. The highest BCUT2D eigenvalue weighted by molar-refractivity contribution is 7.99. The van der Waals surface area contributed by atoms with Crippen molar-refractivity contribution in [3.63, 3.8) is 0 Å². The molecule has 1 saturated carbocycles. The minimum absolute atomic E-state index is 0. The van der Waals surface area contributed by atoms with E-state index in [1.54, 1.807) is 0 Å². The van der Waals surface area contributed by atoms with Crippen LogP contribution in [0.5, 0.6) is 0 Å². The molecule has 0 bridgehead atoms. The van der Waals surface area contributed by atoms with Gasteiger partial charge in [0.05, 0.1) is 0 Å². The lowest BCUT2D eigenvalue weighted by Crippen LogP contribution is -2.44. The van der Waals surface area contributed by atoms with Crippen LogP contribution in [0.2, 0.25) is 0 Å². The Morgan fingerprint density at radius 2 is 2.00 bits per heavy atom. The predicted molar refractivity (Wildman–Crippen MR) is 80.5 cm³/mol. The monoisotopic (exact) mass is 292 g/mol. The normalized spacial score (nSPS) is 28.7. The van der Waals surface area contributed by atoms with Gasteiger partial charge in [-0.15, -0.1) is 12.4 Å². The second-order valence-electron chi connectivity index (χ2n) is 5.06. The lowest BCUT2D eigenvalue weighted by atomic mass is 9.97. The SMILES string of the molecule is CCSC1CCCC1NC(=O)C1CCNCC1.Cl. The number of nitrogens with one attached hydrogen (secondary N) is 2. The third-order valence-electron chi connectivity index (χ3n) is 3.87. The van der Waals surface area contributed by atoms with Gasteiger partial charge in [0.25, 0.3) is 0 Å². The molecule has 2 unspecified atom stereocenters. The maximum absolute atomic E-state index is 12.2. The van der Waals surface area contributed by atoms with Crippen LogP contribution in [0.3, 0.4) is 0 Å². The lowest BCUT2D eigenvalue weighted by Gasteiger charge is -2.26. The van der Waals surface area contributed by atoms with E-state index in [0.717, 1.165) is 31.7 Å². The smallest absolute Gasteiger partial charge is 0.223 e. The molecule has 1 heterocycles. The van der Waals surface area contributed by atoms with Crippen molar-refractivity contribution < 1.29 is 4.79 Å². The van der Waals surface area contributed by atoms with Crippen molar-refractivity contribution in [3.05, 3.63) is 0 Å². The number of carbonyl (C=O) groups excluding carboxylic acids is 1. The number of carbonyl (C=O) groups is 1. The molecule has 3 nitrogen and oxygen atoms in total. The van der Waals surface area contributed by atoms with Crippen LogP contribution in [0.15, 0.2) is 0 Å². The van der Waals surface area contributed by atoms with Crippen LogP contribution >= 0.6 is 24.2 Å². The molecular weight excluding hydrogens is 268 g/mol. The molecule has 0 spiro atoms. The second-order valence-corrected chi connectivity index (χ2v) is 6.58. The standard InChI is InChI=1S/C13H24N2OS.ClH/c1-2-17-12-5-3-4-11(12)15-13(16)10-6-8-14-9-7-10;/h10-12,14H,2-9H2,1H3,(H,15,16);1H. The average molecular weight is 293 g/mol. The Balaban J connectivity index is 0.00000162. The summed E-state index contributed by atoms with van der Waals surface area (Å²) in [7, 11) is 0. The zero-order valence-corrected chi connectivity index (χ0v) is 12.7. The van der Waals surface area contributed by atoms with Gasteiger partial charge in [-0.2, -0.15) is 11.8 Å². The zero-order chi connectivity index (χ0) is 12.1. The first kappa shape index (κ1) is 16.1. The lowest BCUT2D eigenvalue weighted by molar-refractivity contribution is -0.126. The molecule has 2 atom stereocenters. The van der Waals surface area contributed by atoms with E-state index >= 15 is 0 Å². The Bertz CT molecular complexity index is 259. The third-order valence-corrected chi connectivity index (χ3v) is 5.20. The largest absolute Gasteiger partial charge is 0.352 e. The summed E-state index contributed by atoms with van der Waals surface area (Å²) in [6.45, 7) is 4.19. The molecule has 2 fully saturated rings. The van der Waals surface area contributed by atoms with Crippen LogP contribution in [0.1, 0.15) is 39.0 Å². The minimum Gasteiger partial charge on any atom is -0.352 e. The molecule has 1 amide bonds. The summed E-state index contributed by atoms with van der Waals surface area (Å²) >= 11 is 2.01. The Labute approximate surface area is 121 Å². The first-order chi connectivity index (χ1) is 8.31. The number of thioether (sulfide) groups is 1. The van der Waals surface area contributed by atoms with Crippen LogP contribution in [0.25, 0.3) is 0 Å². The van der Waals surface area contributed by atoms with Crippen LogP contribution in [-0.4, -0.2) is 36.0 Å². The van der Waals surface area contributed by atoms with E-state index in [2.05, 4.69) is 17.6 Å². The predicted octanol–water partition coefficient (Wildman–Crippen LogP) is 2.20. The first-order valence-corrected chi connectivity index (χ1v) is 7.99. The van der Waals surface area contributed by atoms with Crippen molar-refractivity contribution in [2.24, 2.45) is 5.92 Å². The van der Waals surface area contributed by atoms with Crippen LogP contribution in [-0.2, 0) is 4.79 Å². The summed E-state index contributed by atoms with van der Waals surface area (Å²) in [5.41, 5.74) is 0. The van der Waals surface area contributed by atoms with Gasteiger partial charge in [-0.3, -0.25) is 4.79 Å². The summed E-state index contributed by atoms with van der Waals surface area (Å²) in [6.07, 6.45) is 5.73. The summed E-state index contributed by atoms with van der Waals surface area (Å²) in [4.78, 5) is 12.2. The fourth-order valence-electron chi connectivity index (χ4n) is 2.89. The molecule has 18 heavy (non-hydrogen) atoms. The number of hydrogen-bond donors (Lipinski definition) is 2. The molecular formula is C13H25ClN2OS. The van der Waals surface area contributed by atoms with E-state index < -0.39 is 0 Å². The van der Waals surface area contributed by atoms with Gasteiger partial charge in [0.15, 0.2) is 0 Å². The van der Waals surface area contributed by atoms with Gasteiger partial charge >= 0.3 is 0 Å². The molecule has 0 aromatic heterocycles. The first-order valence-electron chi connectivity index (χ1n) is 6.94. The number of rotatable bonds is 4. The summed E-state index contributed by atoms with van der Waals surface area (Å²) < 4.78 is 0. The van der Waals surface area contributed by atoms with E-state index in [9.17, 15) is 4.79 Å². The number of amides is 1. The Kier molecular flexibility index (Phi) is 7.42. The van der Waals surface area contributed by atoms with Gasteiger partial charge < -0.3 is 10.6 Å². The Hall–Kier alpha value is 0.0700. The molecule has 106 valence electrons. The highest BCUT2D eigenvalue weighted by atomic mass is 35.5. The molecule has 5 heteroatoms. The topological polar surface area (TPSA) is 41.1 Å². The Morgan fingerprint density at radius 3 is 2.67 bits per heavy atom.